The number of hydrogen-bond donors (Lipinski definition) is 2. The van der Waals surface area contributed by atoms with Crippen LogP contribution in [-0.2, 0) is 4.74 Å². The van der Waals surface area contributed by atoms with Crippen molar-refractivity contribution in [3.05, 3.63) is 82.6 Å². The van der Waals surface area contributed by atoms with Gasteiger partial charge >= 0.3 is 5.97 Å². The lowest BCUT2D eigenvalue weighted by molar-refractivity contribution is 0.0601. The van der Waals surface area contributed by atoms with Gasteiger partial charge in [0.25, 0.3) is 0 Å². The smallest absolute Gasteiger partial charge is 0.337 e. The third kappa shape index (κ3) is 3.41. The number of hydrogen-bond acceptors (Lipinski definition) is 4. The van der Waals surface area contributed by atoms with E-state index in [1.54, 1.807) is 18.3 Å². The molecule has 0 amide bonds. The molecule has 0 saturated carbocycles. The van der Waals surface area contributed by atoms with Crippen molar-refractivity contribution in [2.24, 2.45) is 0 Å². The molecule has 122 valence electrons. The number of rotatable bonds is 5. The summed E-state index contributed by atoms with van der Waals surface area (Å²) in [6, 6.07) is 14.6. The number of halogens is 1. The number of nitrogens with one attached hydrogen (secondary N) is 2. The first-order chi connectivity index (χ1) is 11.7. The average Bonchev–Trinajstić information content (AvgIpc) is 3.15. The zero-order valence-electron chi connectivity index (χ0n) is 13.0. The highest BCUT2D eigenvalue weighted by Gasteiger charge is 2.18. The molecule has 1 unspecified atom stereocenters. The van der Waals surface area contributed by atoms with Crippen molar-refractivity contribution in [2.45, 2.75) is 6.04 Å². The fourth-order valence-corrected chi connectivity index (χ4v) is 2.70. The standard InChI is InChI=1S/C18H16ClN3O2/c1-24-18(23)12-6-8-14(9-7-12)22-17(13-10-20-21-11-13)15-4-2-3-5-16(15)19/h2-11,17,22H,1H3,(H,20,21). The minimum atomic E-state index is -0.362. The van der Waals surface area contributed by atoms with Gasteiger partial charge in [0, 0.05) is 22.5 Å². The quantitative estimate of drug-likeness (QED) is 0.687. The summed E-state index contributed by atoms with van der Waals surface area (Å²) in [5.74, 6) is -0.362. The van der Waals surface area contributed by atoms with Gasteiger partial charge in [-0.1, -0.05) is 29.8 Å². The van der Waals surface area contributed by atoms with E-state index >= 15 is 0 Å². The van der Waals surface area contributed by atoms with Crippen molar-refractivity contribution in [1.82, 2.24) is 10.2 Å². The number of carbonyl (C=O) groups excluding carboxylic acids is 1. The van der Waals surface area contributed by atoms with Crippen LogP contribution in [-0.4, -0.2) is 23.3 Å². The Morgan fingerprint density at radius 3 is 2.58 bits per heavy atom. The van der Waals surface area contributed by atoms with Gasteiger partial charge in [-0.25, -0.2) is 4.79 Å². The molecule has 1 heterocycles. The zero-order valence-corrected chi connectivity index (χ0v) is 13.7. The van der Waals surface area contributed by atoms with Crippen LogP contribution in [0.5, 0.6) is 0 Å². The van der Waals surface area contributed by atoms with Crippen molar-refractivity contribution < 1.29 is 9.53 Å². The maximum absolute atomic E-state index is 11.5. The molecule has 0 aliphatic carbocycles. The molecule has 3 aromatic rings. The highest BCUT2D eigenvalue weighted by Crippen LogP contribution is 2.31. The van der Waals surface area contributed by atoms with Gasteiger partial charge in [-0.15, -0.1) is 0 Å². The lowest BCUT2D eigenvalue weighted by atomic mass is 10.0. The molecule has 2 N–H and O–H groups in total. The van der Waals surface area contributed by atoms with Crippen molar-refractivity contribution >= 4 is 23.3 Å². The van der Waals surface area contributed by atoms with E-state index in [-0.39, 0.29) is 12.0 Å². The number of benzene rings is 2. The van der Waals surface area contributed by atoms with E-state index in [0.717, 1.165) is 16.8 Å². The molecular weight excluding hydrogens is 326 g/mol. The van der Waals surface area contributed by atoms with E-state index in [2.05, 4.69) is 15.5 Å². The second-order valence-corrected chi connectivity index (χ2v) is 5.61. The molecule has 2 aromatic carbocycles. The van der Waals surface area contributed by atoms with E-state index in [0.29, 0.717) is 10.6 Å². The lowest BCUT2D eigenvalue weighted by Gasteiger charge is -2.20. The van der Waals surface area contributed by atoms with Crippen LogP contribution in [0.15, 0.2) is 60.9 Å². The number of aromatic amines is 1. The Kier molecular flexibility index (Phi) is 4.82. The van der Waals surface area contributed by atoms with E-state index in [4.69, 9.17) is 16.3 Å². The summed E-state index contributed by atoms with van der Waals surface area (Å²) < 4.78 is 4.71. The van der Waals surface area contributed by atoms with Gasteiger partial charge < -0.3 is 10.1 Å². The monoisotopic (exact) mass is 341 g/mol. The number of anilines is 1. The highest BCUT2D eigenvalue weighted by atomic mass is 35.5. The Hall–Kier alpha value is -2.79. The molecule has 1 aromatic heterocycles. The second-order valence-electron chi connectivity index (χ2n) is 5.20. The van der Waals surface area contributed by atoms with Crippen LogP contribution in [0, 0.1) is 0 Å². The molecule has 6 heteroatoms. The third-order valence-corrected chi connectivity index (χ3v) is 4.03. The summed E-state index contributed by atoms with van der Waals surface area (Å²) >= 11 is 6.36. The third-order valence-electron chi connectivity index (χ3n) is 3.69. The van der Waals surface area contributed by atoms with E-state index in [1.165, 1.54) is 7.11 Å². The minimum absolute atomic E-state index is 0.165. The van der Waals surface area contributed by atoms with E-state index < -0.39 is 0 Å². The summed E-state index contributed by atoms with van der Waals surface area (Å²) in [5.41, 5.74) is 3.26. The fourth-order valence-electron chi connectivity index (χ4n) is 2.46. The SMILES string of the molecule is COC(=O)c1ccc(NC(c2cn[nH]c2)c2ccccc2Cl)cc1. The zero-order chi connectivity index (χ0) is 16.9. The maximum Gasteiger partial charge on any atom is 0.337 e. The summed E-state index contributed by atoms with van der Waals surface area (Å²) in [6.07, 6.45) is 3.58. The number of methoxy groups -OCH3 is 1. The van der Waals surface area contributed by atoms with Gasteiger partial charge in [0.15, 0.2) is 0 Å². The van der Waals surface area contributed by atoms with Crippen molar-refractivity contribution in [1.29, 1.82) is 0 Å². The summed E-state index contributed by atoms with van der Waals surface area (Å²) in [4.78, 5) is 11.5. The molecule has 0 saturated heterocycles. The van der Waals surface area contributed by atoms with Crippen LogP contribution in [0.4, 0.5) is 5.69 Å². The lowest BCUT2D eigenvalue weighted by Crippen LogP contribution is -2.12. The molecule has 0 aliphatic rings. The van der Waals surface area contributed by atoms with Gasteiger partial charge in [-0.3, -0.25) is 5.10 Å². The van der Waals surface area contributed by atoms with E-state index in [1.807, 2.05) is 42.6 Å². The number of esters is 1. The van der Waals surface area contributed by atoms with Gasteiger partial charge in [0.05, 0.1) is 24.9 Å². The highest BCUT2D eigenvalue weighted by molar-refractivity contribution is 6.31. The normalized spacial score (nSPS) is 11.8. The molecule has 0 aliphatic heterocycles. The predicted octanol–water partition coefficient (Wildman–Crippen LogP) is 4.05. The summed E-state index contributed by atoms with van der Waals surface area (Å²) in [6.45, 7) is 0. The Balaban J connectivity index is 1.90. The van der Waals surface area contributed by atoms with Crippen LogP contribution >= 0.6 is 11.6 Å². The first-order valence-corrected chi connectivity index (χ1v) is 7.75. The number of aromatic nitrogens is 2. The second kappa shape index (κ2) is 7.19. The first-order valence-electron chi connectivity index (χ1n) is 7.37. The molecule has 24 heavy (non-hydrogen) atoms. The van der Waals surface area contributed by atoms with Crippen molar-refractivity contribution in [3.63, 3.8) is 0 Å². The summed E-state index contributed by atoms with van der Waals surface area (Å²) in [7, 11) is 1.36. The average molecular weight is 342 g/mol. The van der Waals surface area contributed by atoms with Crippen LogP contribution < -0.4 is 5.32 Å². The van der Waals surface area contributed by atoms with Crippen LogP contribution in [0.1, 0.15) is 27.5 Å². The fraction of sp³-hybridized carbons (Fsp3) is 0.111. The number of ether oxygens (including phenoxy) is 1. The topological polar surface area (TPSA) is 67.0 Å². The van der Waals surface area contributed by atoms with Crippen LogP contribution in [0.3, 0.4) is 0 Å². The number of nitrogens with zero attached hydrogens (tertiary/aromatic N) is 1. The molecular formula is C18H16ClN3O2. The Bertz CT molecular complexity index is 817. The molecule has 5 nitrogen and oxygen atoms in total. The van der Waals surface area contributed by atoms with Crippen molar-refractivity contribution in [3.8, 4) is 0 Å². The van der Waals surface area contributed by atoms with Crippen LogP contribution in [0.2, 0.25) is 5.02 Å². The van der Waals surface area contributed by atoms with Crippen LogP contribution in [0.25, 0.3) is 0 Å². The maximum atomic E-state index is 11.5. The first kappa shape index (κ1) is 16.1. The van der Waals surface area contributed by atoms with Gasteiger partial charge in [-0.05, 0) is 35.9 Å². The molecule has 3 rings (SSSR count). The molecule has 0 bridgehead atoms. The Morgan fingerprint density at radius 1 is 1.21 bits per heavy atom. The van der Waals surface area contributed by atoms with E-state index in [9.17, 15) is 4.79 Å². The largest absolute Gasteiger partial charge is 0.465 e. The van der Waals surface area contributed by atoms with Gasteiger partial charge in [0.1, 0.15) is 0 Å². The summed E-state index contributed by atoms with van der Waals surface area (Å²) in [5, 5.41) is 10.9. The van der Waals surface area contributed by atoms with Gasteiger partial charge in [-0.2, -0.15) is 5.10 Å². The molecule has 1 atom stereocenters. The number of carbonyl (C=O) groups is 1. The Morgan fingerprint density at radius 2 is 1.96 bits per heavy atom. The molecule has 0 radical (unpaired) electrons. The molecule has 0 fully saturated rings. The van der Waals surface area contributed by atoms with Gasteiger partial charge in [0.2, 0.25) is 0 Å². The minimum Gasteiger partial charge on any atom is -0.465 e. The Labute approximate surface area is 144 Å². The predicted molar refractivity (Wildman–Crippen MR) is 93.3 cm³/mol. The molecule has 0 spiro atoms. The number of H-pyrrole nitrogens is 1. The van der Waals surface area contributed by atoms with Crippen molar-refractivity contribution in [2.75, 3.05) is 12.4 Å².